The van der Waals surface area contributed by atoms with Crippen LogP contribution in [0.1, 0.15) is 18.1 Å². The molecule has 1 atom stereocenters. The lowest BCUT2D eigenvalue weighted by Crippen LogP contribution is -2.36. The van der Waals surface area contributed by atoms with E-state index in [-0.39, 0.29) is 6.42 Å². The van der Waals surface area contributed by atoms with E-state index in [1.54, 1.807) is 14.0 Å². The third-order valence-corrected chi connectivity index (χ3v) is 3.30. The van der Waals surface area contributed by atoms with Crippen LogP contribution in [0.4, 0.5) is 8.78 Å². The summed E-state index contributed by atoms with van der Waals surface area (Å²) < 4.78 is 32.0. The molecule has 2 nitrogen and oxygen atoms in total. The van der Waals surface area contributed by atoms with Crippen molar-refractivity contribution in [3.05, 3.63) is 65.2 Å². The molecule has 0 heterocycles. The van der Waals surface area contributed by atoms with E-state index in [0.29, 0.717) is 11.3 Å². The predicted octanol–water partition coefficient (Wildman–Crippen LogP) is 3.39. The number of nitrogens with two attached hydrogens (primary N) is 1. The minimum absolute atomic E-state index is 0.249. The molecule has 0 saturated heterocycles. The summed E-state index contributed by atoms with van der Waals surface area (Å²) in [6, 6.07) is 10.9. The molecule has 0 amide bonds. The summed E-state index contributed by atoms with van der Waals surface area (Å²) in [6.45, 7) is 1.80. The molecule has 0 aliphatic rings. The van der Waals surface area contributed by atoms with E-state index in [0.717, 1.165) is 11.6 Å². The lowest BCUT2D eigenvalue weighted by Gasteiger charge is -2.27. The highest BCUT2D eigenvalue weighted by atomic mass is 19.1. The third kappa shape index (κ3) is 2.96. The summed E-state index contributed by atoms with van der Waals surface area (Å²) in [5.41, 5.74) is 6.66. The van der Waals surface area contributed by atoms with Gasteiger partial charge in [-0.3, -0.25) is 0 Å². The SMILES string of the molecule is COc1ccccc1C(C)(N)Cc1ccc(F)cc1F. The van der Waals surface area contributed by atoms with Crippen molar-refractivity contribution >= 4 is 0 Å². The zero-order valence-corrected chi connectivity index (χ0v) is 11.5. The standard InChI is InChI=1S/C16H17F2NO/c1-16(19,13-5-3-4-6-15(13)20-2)10-11-7-8-12(17)9-14(11)18/h3-9H,10,19H2,1-2H3. The molecule has 0 radical (unpaired) electrons. The van der Waals surface area contributed by atoms with Crippen molar-refractivity contribution < 1.29 is 13.5 Å². The van der Waals surface area contributed by atoms with Crippen molar-refractivity contribution in [1.82, 2.24) is 0 Å². The predicted molar refractivity (Wildman–Crippen MR) is 74.6 cm³/mol. The van der Waals surface area contributed by atoms with Crippen molar-refractivity contribution in [1.29, 1.82) is 0 Å². The molecule has 0 bridgehead atoms. The van der Waals surface area contributed by atoms with Crippen molar-refractivity contribution in [2.24, 2.45) is 5.73 Å². The zero-order valence-electron chi connectivity index (χ0n) is 11.5. The van der Waals surface area contributed by atoms with Crippen LogP contribution in [0.3, 0.4) is 0 Å². The fourth-order valence-electron chi connectivity index (χ4n) is 2.27. The molecule has 2 N–H and O–H groups in total. The molecule has 0 fully saturated rings. The number of hydrogen-bond donors (Lipinski definition) is 1. The maximum Gasteiger partial charge on any atom is 0.129 e. The van der Waals surface area contributed by atoms with Crippen LogP contribution in [-0.2, 0) is 12.0 Å². The van der Waals surface area contributed by atoms with E-state index in [4.69, 9.17) is 10.5 Å². The second-order valence-electron chi connectivity index (χ2n) is 5.03. The molecule has 2 aromatic carbocycles. The van der Waals surface area contributed by atoms with Gasteiger partial charge in [0.05, 0.1) is 7.11 Å². The van der Waals surface area contributed by atoms with Crippen molar-refractivity contribution in [3.63, 3.8) is 0 Å². The van der Waals surface area contributed by atoms with Gasteiger partial charge in [-0.2, -0.15) is 0 Å². The minimum Gasteiger partial charge on any atom is -0.496 e. The van der Waals surface area contributed by atoms with Gasteiger partial charge in [-0.1, -0.05) is 24.3 Å². The van der Waals surface area contributed by atoms with Crippen LogP contribution in [0.2, 0.25) is 0 Å². The normalized spacial score (nSPS) is 13.8. The molecule has 106 valence electrons. The molecule has 0 saturated carbocycles. The first-order chi connectivity index (χ1) is 9.44. The average Bonchev–Trinajstić information content (AvgIpc) is 2.42. The summed E-state index contributed by atoms with van der Waals surface area (Å²) in [7, 11) is 1.56. The van der Waals surface area contributed by atoms with E-state index >= 15 is 0 Å². The first-order valence-corrected chi connectivity index (χ1v) is 6.30. The Balaban J connectivity index is 2.35. The number of methoxy groups -OCH3 is 1. The number of halogens is 2. The van der Waals surface area contributed by atoms with Crippen molar-refractivity contribution in [3.8, 4) is 5.75 Å². The fourth-order valence-corrected chi connectivity index (χ4v) is 2.27. The highest BCUT2D eigenvalue weighted by Crippen LogP contribution is 2.31. The highest BCUT2D eigenvalue weighted by Gasteiger charge is 2.26. The van der Waals surface area contributed by atoms with E-state index in [2.05, 4.69) is 0 Å². The van der Waals surface area contributed by atoms with Crippen LogP contribution in [-0.4, -0.2) is 7.11 Å². The molecule has 0 spiro atoms. The Kier molecular flexibility index (Phi) is 4.04. The quantitative estimate of drug-likeness (QED) is 0.929. The van der Waals surface area contributed by atoms with Crippen LogP contribution in [0, 0.1) is 11.6 Å². The molecule has 2 rings (SSSR count). The van der Waals surface area contributed by atoms with E-state index in [1.165, 1.54) is 12.1 Å². The van der Waals surface area contributed by atoms with Crippen LogP contribution in [0.15, 0.2) is 42.5 Å². The summed E-state index contributed by atoms with van der Waals surface area (Å²) in [4.78, 5) is 0. The average molecular weight is 277 g/mol. The van der Waals surface area contributed by atoms with Crippen LogP contribution >= 0.6 is 0 Å². The lowest BCUT2D eigenvalue weighted by atomic mass is 9.86. The Morgan fingerprint density at radius 1 is 1.15 bits per heavy atom. The molecule has 0 aliphatic heterocycles. The molecule has 0 aromatic heterocycles. The van der Waals surface area contributed by atoms with Crippen LogP contribution in [0.25, 0.3) is 0 Å². The number of rotatable bonds is 4. The Morgan fingerprint density at radius 3 is 2.50 bits per heavy atom. The molecular weight excluding hydrogens is 260 g/mol. The van der Waals surface area contributed by atoms with Gasteiger partial charge >= 0.3 is 0 Å². The van der Waals surface area contributed by atoms with Gasteiger partial charge in [-0.15, -0.1) is 0 Å². The Labute approximate surface area is 117 Å². The fraction of sp³-hybridized carbons (Fsp3) is 0.250. The summed E-state index contributed by atoms with van der Waals surface area (Å²) in [5.74, 6) is -0.529. The van der Waals surface area contributed by atoms with Gasteiger partial charge in [0.2, 0.25) is 0 Å². The number of hydrogen-bond acceptors (Lipinski definition) is 2. The Hall–Kier alpha value is -1.94. The lowest BCUT2D eigenvalue weighted by molar-refractivity contribution is 0.384. The second-order valence-corrected chi connectivity index (χ2v) is 5.03. The van der Waals surface area contributed by atoms with Crippen LogP contribution in [0.5, 0.6) is 5.75 Å². The van der Waals surface area contributed by atoms with Gasteiger partial charge < -0.3 is 10.5 Å². The van der Waals surface area contributed by atoms with Gasteiger partial charge in [-0.25, -0.2) is 8.78 Å². The van der Waals surface area contributed by atoms with E-state index in [9.17, 15) is 8.78 Å². The Bertz CT molecular complexity index is 611. The van der Waals surface area contributed by atoms with Gasteiger partial charge in [0.15, 0.2) is 0 Å². The molecule has 4 heteroatoms. The van der Waals surface area contributed by atoms with Crippen molar-refractivity contribution in [2.75, 3.05) is 7.11 Å². The number of ether oxygens (including phenoxy) is 1. The molecule has 0 aliphatic carbocycles. The smallest absolute Gasteiger partial charge is 0.129 e. The molecular formula is C16H17F2NO. The number of para-hydroxylation sites is 1. The van der Waals surface area contributed by atoms with Gasteiger partial charge in [0, 0.05) is 17.2 Å². The maximum absolute atomic E-state index is 13.8. The van der Waals surface area contributed by atoms with Crippen molar-refractivity contribution in [2.45, 2.75) is 18.9 Å². The Morgan fingerprint density at radius 2 is 1.85 bits per heavy atom. The largest absolute Gasteiger partial charge is 0.496 e. The first-order valence-electron chi connectivity index (χ1n) is 6.30. The second kappa shape index (κ2) is 5.59. The summed E-state index contributed by atoms with van der Waals surface area (Å²) >= 11 is 0. The highest BCUT2D eigenvalue weighted by molar-refractivity contribution is 5.40. The number of benzene rings is 2. The van der Waals surface area contributed by atoms with Gasteiger partial charge in [0.1, 0.15) is 17.4 Å². The van der Waals surface area contributed by atoms with E-state index in [1.807, 2.05) is 24.3 Å². The monoisotopic (exact) mass is 277 g/mol. The first kappa shape index (κ1) is 14.5. The molecule has 20 heavy (non-hydrogen) atoms. The summed E-state index contributed by atoms with van der Waals surface area (Å²) in [5, 5.41) is 0. The van der Waals surface area contributed by atoms with E-state index < -0.39 is 17.2 Å². The maximum atomic E-state index is 13.8. The third-order valence-electron chi connectivity index (χ3n) is 3.30. The molecule has 2 aromatic rings. The van der Waals surface area contributed by atoms with Crippen LogP contribution < -0.4 is 10.5 Å². The zero-order chi connectivity index (χ0) is 14.8. The molecule has 1 unspecified atom stereocenters. The minimum atomic E-state index is -0.814. The summed E-state index contributed by atoms with van der Waals surface area (Å²) in [6.07, 6.45) is 0.249. The van der Waals surface area contributed by atoms with Gasteiger partial charge in [-0.05, 0) is 31.0 Å². The topological polar surface area (TPSA) is 35.2 Å². The van der Waals surface area contributed by atoms with Gasteiger partial charge in [0.25, 0.3) is 0 Å².